The van der Waals surface area contributed by atoms with Gasteiger partial charge in [0, 0.05) is 19.3 Å². The van der Waals surface area contributed by atoms with Crippen LogP contribution in [-0.4, -0.2) is 34.2 Å². The van der Waals surface area contributed by atoms with Gasteiger partial charge in [-0.15, -0.1) is 0 Å². The second-order valence-corrected chi connectivity index (χ2v) is 5.43. The van der Waals surface area contributed by atoms with Crippen LogP contribution < -0.4 is 4.74 Å². The van der Waals surface area contributed by atoms with Gasteiger partial charge >= 0.3 is 0 Å². The maximum atomic E-state index is 12.9. The van der Waals surface area contributed by atoms with Crippen LogP contribution in [0.2, 0.25) is 0 Å². The van der Waals surface area contributed by atoms with Crippen molar-refractivity contribution in [2.24, 2.45) is 0 Å². The first-order valence-corrected chi connectivity index (χ1v) is 7.72. The SMILES string of the molecule is CCn1nccc1C1CCCN1C(=O)c1ccccc1OC. The molecule has 1 amide bonds. The van der Waals surface area contributed by atoms with Gasteiger partial charge in [0.15, 0.2) is 0 Å². The minimum Gasteiger partial charge on any atom is -0.496 e. The standard InChI is InChI=1S/C17H21N3O2/c1-3-20-15(10-11-18-20)14-8-6-12-19(14)17(21)13-7-4-5-9-16(13)22-2/h4-5,7,9-11,14H,3,6,8,12H2,1-2H3. The number of para-hydroxylation sites is 1. The van der Waals surface area contributed by atoms with Gasteiger partial charge in [-0.3, -0.25) is 9.48 Å². The summed E-state index contributed by atoms with van der Waals surface area (Å²) in [5.74, 6) is 0.658. The summed E-state index contributed by atoms with van der Waals surface area (Å²) in [4.78, 5) is 14.9. The molecule has 1 aliphatic heterocycles. The molecule has 0 saturated carbocycles. The number of aromatic nitrogens is 2. The molecule has 1 unspecified atom stereocenters. The normalized spacial score (nSPS) is 17.7. The predicted molar refractivity (Wildman–Crippen MR) is 83.9 cm³/mol. The summed E-state index contributed by atoms with van der Waals surface area (Å²) < 4.78 is 7.30. The fourth-order valence-corrected chi connectivity index (χ4v) is 3.18. The molecule has 3 rings (SSSR count). The molecule has 1 aromatic heterocycles. The molecule has 5 nitrogen and oxygen atoms in total. The maximum Gasteiger partial charge on any atom is 0.258 e. The number of nitrogens with zero attached hydrogens (tertiary/aromatic N) is 3. The highest BCUT2D eigenvalue weighted by atomic mass is 16.5. The number of hydrogen-bond donors (Lipinski definition) is 0. The van der Waals surface area contributed by atoms with E-state index >= 15 is 0 Å². The number of amides is 1. The van der Waals surface area contributed by atoms with E-state index in [1.54, 1.807) is 7.11 Å². The summed E-state index contributed by atoms with van der Waals surface area (Å²) in [6.45, 7) is 3.66. The molecule has 2 heterocycles. The third-order valence-corrected chi connectivity index (χ3v) is 4.24. The Balaban J connectivity index is 1.91. The van der Waals surface area contributed by atoms with E-state index in [1.165, 1.54) is 0 Å². The molecule has 22 heavy (non-hydrogen) atoms. The molecule has 0 N–H and O–H groups in total. The number of benzene rings is 1. The molecule has 2 aromatic rings. The second kappa shape index (κ2) is 6.22. The van der Waals surface area contributed by atoms with Crippen molar-refractivity contribution in [1.82, 2.24) is 14.7 Å². The summed E-state index contributed by atoms with van der Waals surface area (Å²) in [6, 6.07) is 9.52. The molecule has 1 saturated heterocycles. The quantitative estimate of drug-likeness (QED) is 0.872. The molecule has 1 aromatic carbocycles. The van der Waals surface area contributed by atoms with Crippen molar-refractivity contribution >= 4 is 5.91 Å². The fraction of sp³-hybridized carbons (Fsp3) is 0.412. The highest BCUT2D eigenvalue weighted by Crippen LogP contribution is 2.34. The molecule has 5 heteroatoms. The van der Waals surface area contributed by atoms with Gasteiger partial charge in [-0.05, 0) is 38.0 Å². The van der Waals surface area contributed by atoms with Gasteiger partial charge in [0.25, 0.3) is 5.91 Å². The van der Waals surface area contributed by atoms with E-state index in [0.717, 1.165) is 31.6 Å². The Morgan fingerprint density at radius 1 is 1.36 bits per heavy atom. The monoisotopic (exact) mass is 299 g/mol. The Kier molecular flexibility index (Phi) is 4.13. The Bertz CT molecular complexity index is 665. The number of ether oxygens (including phenoxy) is 1. The molecule has 1 fully saturated rings. The van der Waals surface area contributed by atoms with Gasteiger partial charge in [-0.25, -0.2) is 0 Å². The number of hydrogen-bond acceptors (Lipinski definition) is 3. The number of likely N-dealkylation sites (tertiary alicyclic amines) is 1. The van der Waals surface area contributed by atoms with Crippen molar-refractivity contribution in [2.45, 2.75) is 32.4 Å². The van der Waals surface area contributed by atoms with Crippen LogP contribution in [0.15, 0.2) is 36.5 Å². The van der Waals surface area contributed by atoms with Crippen LogP contribution in [0, 0.1) is 0 Å². The van der Waals surface area contributed by atoms with Gasteiger partial charge in [0.05, 0.1) is 24.4 Å². The zero-order valence-electron chi connectivity index (χ0n) is 13.0. The van der Waals surface area contributed by atoms with Gasteiger partial charge < -0.3 is 9.64 Å². The highest BCUT2D eigenvalue weighted by molar-refractivity contribution is 5.97. The molecule has 0 aliphatic carbocycles. The molecular formula is C17H21N3O2. The Hall–Kier alpha value is -2.30. The number of methoxy groups -OCH3 is 1. The first-order valence-electron chi connectivity index (χ1n) is 7.72. The lowest BCUT2D eigenvalue weighted by Crippen LogP contribution is -2.32. The molecule has 0 spiro atoms. The third-order valence-electron chi connectivity index (χ3n) is 4.24. The third kappa shape index (κ3) is 2.47. The van der Waals surface area contributed by atoms with Crippen molar-refractivity contribution < 1.29 is 9.53 Å². The predicted octanol–water partition coefficient (Wildman–Crippen LogP) is 2.89. The lowest BCUT2D eigenvalue weighted by molar-refractivity contribution is 0.0726. The molecule has 116 valence electrons. The summed E-state index contributed by atoms with van der Waals surface area (Å²) >= 11 is 0. The van der Waals surface area contributed by atoms with Crippen molar-refractivity contribution in [3.05, 3.63) is 47.8 Å². The fourth-order valence-electron chi connectivity index (χ4n) is 3.18. The van der Waals surface area contributed by atoms with Crippen LogP contribution in [0.25, 0.3) is 0 Å². The second-order valence-electron chi connectivity index (χ2n) is 5.43. The molecule has 1 atom stereocenters. The number of aryl methyl sites for hydroxylation is 1. The average molecular weight is 299 g/mol. The lowest BCUT2D eigenvalue weighted by Gasteiger charge is -2.26. The summed E-state index contributed by atoms with van der Waals surface area (Å²) in [6.07, 6.45) is 3.80. The summed E-state index contributed by atoms with van der Waals surface area (Å²) in [5.41, 5.74) is 1.74. The zero-order valence-corrected chi connectivity index (χ0v) is 13.0. The average Bonchev–Trinajstić information content (AvgIpc) is 3.21. The van der Waals surface area contributed by atoms with Crippen LogP contribution >= 0.6 is 0 Å². The van der Waals surface area contributed by atoms with Crippen LogP contribution in [0.3, 0.4) is 0 Å². The topological polar surface area (TPSA) is 47.4 Å². The smallest absolute Gasteiger partial charge is 0.258 e. The van der Waals surface area contributed by atoms with Crippen LogP contribution in [-0.2, 0) is 6.54 Å². The van der Waals surface area contributed by atoms with E-state index in [2.05, 4.69) is 12.0 Å². The molecule has 0 bridgehead atoms. The molecular weight excluding hydrogens is 278 g/mol. The van der Waals surface area contributed by atoms with Gasteiger partial charge in [-0.2, -0.15) is 5.10 Å². The van der Waals surface area contributed by atoms with E-state index in [-0.39, 0.29) is 11.9 Å². The van der Waals surface area contributed by atoms with Crippen molar-refractivity contribution in [3.63, 3.8) is 0 Å². The van der Waals surface area contributed by atoms with E-state index in [1.807, 2.05) is 46.1 Å². The number of carbonyl (C=O) groups is 1. The van der Waals surface area contributed by atoms with Crippen LogP contribution in [0.4, 0.5) is 0 Å². The van der Waals surface area contributed by atoms with Gasteiger partial charge in [-0.1, -0.05) is 12.1 Å². The zero-order chi connectivity index (χ0) is 15.5. The first-order chi connectivity index (χ1) is 10.8. The molecule has 0 radical (unpaired) electrons. The summed E-state index contributed by atoms with van der Waals surface area (Å²) in [5, 5.41) is 4.33. The van der Waals surface area contributed by atoms with E-state index in [0.29, 0.717) is 11.3 Å². The van der Waals surface area contributed by atoms with Crippen LogP contribution in [0.5, 0.6) is 5.75 Å². The largest absolute Gasteiger partial charge is 0.496 e. The minimum absolute atomic E-state index is 0.0313. The van der Waals surface area contributed by atoms with E-state index in [9.17, 15) is 4.79 Å². The number of rotatable bonds is 4. The van der Waals surface area contributed by atoms with Crippen molar-refractivity contribution in [3.8, 4) is 5.75 Å². The maximum absolute atomic E-state index is 12.9. The Labute approximate surface area is 130 Å². The number of carbonyl (C=O) groups excluding carboxylic acids is 1. The Morgan fingerprint density at radius 2 is 2.18 bits per heavy atom. The van der Waals surface area contributed by atoms with Crippen molar-refractivity contribution in [1.29, 1.82) is 0 Å². The van der Waals surface area contributed by atoms with Gasteiger partial charge in [0.2, 0.25) is 0 Å². The first kappa shape index (κ1) is 14.6. The Morgan fingerprint density at radius 3 is 2.95 bits per heavy atom. The lowest BCUT2D eigenvalue weighted by atomic mass is 10.1. The van der Waals surface area contributed by atoms with Crippen molar-refractivity contribution in [2.75, 3.05) is 13.7 Å². The van der Waals surface area contributed by atoms with Gasteiger partial charge in [0.1, 0.15) is 5.75 Å². The van der Waals surface area contributed by atoms with E-state index in [4.69, 9.17) is 4.74 Å². The minimum atomic E-state index is 0.0313. The summed E-state index contributed by atoms with van der Waals surface area (Å²) in [7, 11) is 1.60. The highest BCUT2D eigenvalue weighted by Gasteiger charge is 2.33. The van der Waals surface area contributed by atoms with E-state index < -0.39 is 0 Å². The molecule has 1 aliphatic rings. The van der Waals surface area contributed by atoms with Crippen LogP contribution in [0.1, 0.15) is 41.9 Å².